The summed E-state index contributed by atoms with van der Waals surface area (Å²) in [6, 6.07) is 68.7. The lowest BCUT2D eigenvalue weighted by atomic mass is 9.73. The maximum atomic E-state index is 9.75. The monoisotopic (exact) mass is 759 g/mol. The first-order valence-corrected chi connectivity index (χ1v) is 19.6. The van der Waals surface area contributed by atoms with Crippen molar-refractivity contribution in [3.05, 3.63) is 210 Å². The highest BCUT2D eigenvalue weighted by atomic mass is 15.3. The summed E-state index contributed by atoms with van der Waals surface area (Å²) in [6.07, 6.45) is 0. The van der Waals surface area contributed by atoms with Gasteiger partial charge in [0, 0.05) is 34.6 Å². The first kappa shape index (κ1) is 35.3. The number of anilines is 12. The van der Waals surface area contributed by atoms with E-state index in [2.05, 4.69) is 179 Å². The molecule has 0 radical (unpaired) electrons. The molecule has 0 atom stereocenters. The lowest BCUT2D eigenvalue weighted by molar-refractivity contribution is 0.631. The van der Waals surface area contributed by atoms with Gasteiger partial charge in [-0.3, -0.25) is 9.80 Å². The largest absolute Gasteiger partial charge is 0.310 e. The Morgan fingerprint density at radius 2 is 0.797 bits per heavy atom. The second-order valence-corrected chi connectivity index (χ2v) is 15.2. The van der Waals surface area contributed by atoms with Crippen LogP contribution in [-0.2, 0) is 5.41 Å². The van der Waals surface area contributed by atoms with Crippen molar-refractivity contribution in [2.24, 2.45) is 0 Å². The van der Waals surface area contributed by atoms with Gasteiger partial charge in [-0.25, -0.2) is 4.98 Å². The molecule has 0 aliphatic carbocycles. The van der Waals surface area contributed by atoms with Crippen LogP contribution < -0.4 is 19.6 Å². The van der Waals surface area contributed by atoms with Crippen molar-refractivity contribution in [2.75, 3.05) is 19.6 Å². The van der Waals surface area contributed by atoms with E-state index in [-0.39, 0.29) is 5.41 Å². The van der Waals surface area contributed by atoms with Crippen molar-refractivity contribution >= 4 is 68.5 Å². The molecule has 0 N–H and O–H groups in total. The normalized spacial score (nSPS) is 13.3. The summed E-state index contributed by atoms with van der Waals surface area (Å²) in [5, 5.41) is 19.5. The second-order valence-electron chi connectivity index (χ2n) is 15.2. The smallest absolute Gasteiger partial charge is 0.142 e. The van der Waals surface area contributed by atoms with E-state index in [1.54, 1.807) is 0 Å². The maximum absolute atomic E-state index is 9.75. The summed E-state index contributed by atoms with van der Waals surface area (Å²) < 4.78 is 0. The molecule has 7 heteroatoms. The van der Waals surface area contributed by atoms with Crippen molar-refractivity contribution < 1.29 is 0 Å². The van der Waals surface area contributed by atoms with Crippen LogP contribution in [0.3, 0.4) is 0 Å². The predicted octanol–water partition coefficient (Wildman–Crippen LogP) is 13.7. The van der Waals surface area contributed by atoms with Crippen LogP contribution in [0, 0.1) is 22.7 Å². The highest BCUT2D eigenvalue weighted by molar-refractivity contribution is 6.02. The van der Waals surface area contributed by atoms with E-state index in [1.807, 2.05) is 54.6 Å². The number of aromatic nitrogens is 1. The van der Waals surface area contributed by atoms with Crippen LogP contribution in [0.5, 0.6) is 0 Å². The lowest BCUT2D eigenvalue weighted by Gasteiger charge is -2.42. The standard InChI is InChI=1S/C52H37N7/c1-52(2)42-16-6-8-18-44(42)58(45-19-9-7-17-43(45)52)50-32-41(56(39-28-24-36(34-53)25-29-39)40-30-26-37(35-54)27-31-40)33-51(55-50)59-48-22-12-10-20-46(48)57(38-14-4-3-5-15-38)47-21-11-13-23-49(47)59/h3-33H,1-2H3. The van der Waals surface area contributed by atoms with Crippen LogP contribution >= 0.6 is 0 Å². The van der Waals surface area contributed by atoms with E-state index in [0.717, 1.165) is 68.5 Å². The van der Waals surface area contributed by atoms with Gasteiger partial charge in [-0.15, -0.1) is 0 Å². The molecule has 0 fully saturated rings. The van der Waals surface area contributed by atoms with Gasteiger partial charge in [-0.2, -0.15) is 10.5 Å². The molecule has 2 aliphatic rings. The molecular formula is C52H37N7. The fraction of sp³-hybridized carbons (Fsp3) is 0.0577. The Morgan fingerprint density at radius 1 is 0.424 bits per heavy atom. The molecule has 3 heterocycles. The number of para-hydroxylation sites is 7. The lowest BCUT2D eigenvalue weighted by Crippen LogP contribution is -2.31. The summed E-state index contributed by atoms with van der Waals surface area (Å²) in [5.74, 6) is 1.46. The summed E-state index contributed by atoms with van der Waals surface area (Å²) in [5.41, 5.74) is 13.0. The van der Waals surface area contributed by atoms with Crippen LogP contribution in [0.25, 0.3) is 0 Å². The summed E-state index contributed by atoms with van der Waals surface area (Å²) >= 11 is 0. The van der Waals surface area contributed by atoms with Gasteiger partial charge < -0.3 is 9.80 Å². The molecule has 7 aromatic carbocycles. The zero-order chi connectivity index (χ0) is 40.1. The number of hydrogen-bond donors (Lipinski definition) is 0. The number of benzene rings is 7. The number of nitrogens with zero attached hydrogens (tertiary/aromatic N) is 7. The first-order valence-electron chi connectivity index (χ1n) is 19.6. The molecule has 0 saturated heterocycles. The molecule has 0 amide bonds. The molecule has 8 aromatic rings. The van der Waals surface area contributed by atoms with E-state index >= 15 is 0 Å². The van der Waals surface area contributed by atoms with Gasteiger partial charge in [0.25, 0.3) is 0 Å². The Labute approximate surface area is 344 Å². The van der Waals surface area contributed by atoms with Gasteiger partial charge in [0.1, 0.15) is 11.6 Å². The third-order valence-corrected chi connectivity index (χ3v) is 11.4. The Balaban J connectivity index is 1.27. The van der Waals surface area contributed by atoms with E-state index in [4.69, 9.17) is 4.98 Å². The topological polar surface area (TPSA) is 73.4 Å². The molecule has 0 saturated carbocycles. The highest BCUT2D eigenvalue weighted by Crippen LogP contribution is 2.56. The SMILES string of the molecule is CC1(C)c2ccccc2N(c2cc(N(c3ccc(C#N)cc3)c3ccc(C#N)cc3)cc(N3c4ccccc4N(c4ccccc4)c4ccccc43)n2)c2ccccc21. The minimum atomic E-state index is -0.257. The van der Waals surface area contributed by atoms with Gasteiger partial charge in [0.05, 0.1) is 63.1 Å². The molecule has 280 valence electrons. The van der Waals surface area contributed by atoms with Gasteiger partial charge in [0.15, 0.2) is 0 Å². The number of nitriles is 2. The molecule has 1 aromatic heterocycles. The van der Waals surface area contributed by atoms with Gasteiger partial charge >= 0.3 is 0 Å². The van der Waals surface area contributed by atoms with Gasteiger partial charge in [-0.05, 0) is 108 Å². The van der Waals surface area contributed by atoms with Crippen molar-refractivity contribution in [3.63, 3.8) is 0 Å². The molecule has 0 unspecified atom stereocenters. The molecule has 0 bridgehead atoms. The van der Waals surface area contributed by atoms with Crippen LogP contribution in [0.2, 0.25) is 0 Å². The molecule has 59 heavy (non-hydrogen) atoms. The third-order valence-electron chi connectivity index (χ3n) is 11.4. The van der Waals surface area contributed by atoms with Crippen molar-refractivity contribution in [3.8, 4) is 12.1 Å². The van der Waals surface area contributed by atoms with E-state index in [0.29, 0.717) is 11.1 Å². The van der Waals surface area contributed by atoms with Crippen molar-refractivity contribution in [2.45, 2.75) is 19.3 Å². The number of pyridine rings is 1. The summed E-state index contributed by atoms with van der Waals surface area (Å²) in [4.78, 5) is 14.7. The predicted molar refractivity (Wildman–Crippen MR) is 238 cm³/mol. The Hall–Kier alpha value is -8.13. The van der Waals surface area contributed by atoms with Crippen LogP contribution in [-0.4, -0.2) is 4.98 Å². The third kappa shape index (κ3) is 5.84. The zero-order valence-corrected chi connectivity index (χ0v) is 32.5. The molecule has 7 nitrogen and oxygen atoms in total. The Kier molecular flexibility index (Phi) is 8.44. The molecular weight excluding hydrogens is 723 g/mol. The number of fused-ring (bicyclic) bond motifs is 4. The minimum Gasteiger partial charge on any atom is -0.310 e. The average Bonchev–Trinajstić information content (AvgIpc) is 3.29. The maximum Gasteiger partial charge on any atom is 0.142 e. The van der Waals surface area contributed by atoms with E-state index in [1.165, 1.54) is 11.1 Å². The van der Waals surface area contributed by atoms with Crippen molar-refractivity contribution in [1.82, 2.24) is 4.98 Å². The first-order chi connectivity index (χ1) is 28.9. The molecule has 2 aliphatic heterocycles. The highest BCUT2D eigenvalue weighted by Gasteiger charge is 2.38. The molecule has 10 rings (SSSR count). The second kappa shape index (κ2) is 14.1. The zero-order valence-electron chi connectivity index (χ0n) is 32.5. The van der Waals surface area contributed by atoms with Gasteiger partial charge in [0.2, 0.25) is 0 Å². The quantitative estimate of drug-likeness (QED) is 0.167. The summed E-state index contributed by atoms with van der Waals surface area (Å²) in [7, 11) is 0. The fourth-order valence-electron chi connectivity index (χ4n) is 8.63. The van der Waals surface area contributed by atoms with E-state index in [9.17, 15) is 10.5 Å². The van der Waals surface area contributed by atoms with Crippen LogP contribution in [0.4, 0.5) is 68.5 Å². The fourth-order valence-corrected chi connectivity index (χ4v) is 8.63. The minimum absolute atomic E-state index is 0.257. The van der Waals surface area contributed by atoms with Gasteiger partial charge in [-0.1, -0.05) is 92.7 Å². The van der Waals surface area contributed by atoms with E-state index < -0.39 is 0 Å². The number of rotatable bonds is 6. The van der Waals surface area contributed by atoms with Crippen LogP contribution in [0.1, 0.15) is 36.1 Å². The Bertz CT molecular complexity index is 2810. The molecule has 0 spiro atoms. The Morgan fingerprint density at radius 3 is 1.24 bits per heavy atom. The van der Waals surface area contributed by atoms with Crippen molar-refractivity contribution in [1.29, 1.82) is 10.5 Å². The summed E-state index contributed by atoms with van der Waals surface area (Å²) in [6.45, 7) is 4.57. The average molecular weight is 760 g/mol. The van der Waals surface area contributed by atoms with Crippen LogP contribution in [0.15, 0.2) is 188 Å². The number of hydrogen-bond acceptors (Lipinski definition) is 7.